The fourth-order valence-electron chi connectivity index (χ4n) is 6.03. The van der Waals surface area contributed by atoms with E-state index in [4.69, 9.17) is 19.9 Å². The van der Waals surface area contributed by atoms with E-state index in [0.29, 0.717) is 28.1 Å². The number of rotatable bonds is 10. The summed E-state index contributed by atoms with van der Waals surface area (Å²) < 4.78 is 17.2. The smallest absolute Gasteiger partial charge is 0.431 e. The molecule has 2 unspecified atom stereocenters. The molecular formula is C36H36N6O6S2. The molecule has 0 aromatic heterocycles. The van der Waals surface area contributed by atoms with Gasteiger partial charge in [0.05, 0.1) is 18.3 Å². The number of fused-ring (bicyclic) bond motifs is 2. The van der Waals surface area contributed by atoms with E-state index in [2.05, 4.69) is 10.5 Å². The minimum absolute atomic E-state index is 0.0792. The van der Waals surface area contributed by atoms with Gasteiger partial charge in [0.15, 0.2) is 11.9 Å². The zero-order valence-electron chi connectivity index (χ0n) is 27.4. The second kappa shape index (κ2) is 14.2. The van der Waals surface area contributed by atoms with E-state index in [1.807, 2.05) is 97.9 Å². The molecule has 3 N–H and O–H groups in total. The number of esters is 1. The summed E-state index contributed by atoms with van der Waals surface area (Å²) in [7, 11) is 1.59. The number of ether oxygens (including phenoxy) is 3. The number of nitrogens with two attached hydrogens (primary N) is 1. The van der Waals surface area contributed by atoms with Crippen molar-refractivity contribution in [2.45, 2.75) is 31.1 Å². The molecule has 258 valence electrons. The number of carbonyl (C=O) groups is 3. The maximum atomic E-state index is 13.9. The van der Waals surface area contributed by atoms with Gasteiger partial charge in [0.1, 0.15) is 29.2 Å². The minimum Gasteiger partial charge on any atom is -0.497 e. The first-order valence-corrected chi connectivity index (χ1v) is 18.0. The lowest BCUT2D eigenvalue weighted by Crippen LogP contribution is -2.72. The molecule has 2 fully saturated rings. The lowest BCUT2D eigenvalue weighted by Gasteiger charge is -2.53. The summed E-state index contributed by atoms with van der Waals surface area (Å²) in [6, 6.07) is 25.8. The van der Waals surface area contributed by atoms with Crippen LogP contribution in [0.25, 0.3) is 0 Å². The highest BCUT2D eigenvalue weighted by molar-refractivity contribution is 8.03. The van der Waals surface area contributed by atoms with Crippen LogP contribution in [0.15, 0.2) is 113 Å². The van der Waals surface area contributed by atoms with Crippen molar-refractivity contribution in [2.75, 3.05) is 25.2 Å². The number of hydrazine groups is 2. The van der Waals surface area contributed by atoms with E-state index in [1.165, 1.54) is 28.5 Å². The molecule has 0 aliphatic carbocycles. The highest BCUT2D eigenvalue weighted by atomic mass is 32.2. The van der Waals surface area contributed by atoms with E-state index in [9.17, 15) is 14.4 Å². The summed E-state index contributed by atoms with van der Waals surface area (Å²) in [6.07, 6.45) is 2.20. The Balaban J connectivity index is 1.06. The van der Waals surface area contributed by atoms with Gasteiger partial charge in [-0.15, -0.1) is 29.1 Å². The molecule has 14 heteroatoms. The molecule has 7 rings (SSSR count). The summed E-state index contributed by atoms with van der Waals surface area (Å²) in [5, 5.41) is 3.48. The number of hydrogen-bond donors (Lipinski definition) is 2. The summed E-state index contributed by atoms with van der Waals surface area (Å²) in [6.45, 7) is 2.14. The van der Waals surface area contributed by atoms with Gasteiger partial charge in [0.2, 0.25) is 5.91 Å². The highest BCUT2D eigenvalue weighted by Gasteiger charge is 2.56. The van der Waals surface area contributed by atoms with Crippen molar-refractivity contribution in [1.29, 1.82) is 0 Å². The molecule has 0 spiro atoms. The second-order valence-corrected chi connectivity index (χ2v) is 14.4. The van der Waals surface area contributed by atoms with Crippen LogP contribution in [0.3, 0.4) is 0 Å². The number of carbonyl (C=O) groups excluding carboxylic acids is 3. The third-order valence-corrected chi connectivity index (χ3v) is 11.7. The van der Waals surface area contributed by atoms with Crippen LogP contribution >= 0.6 is 23.5 Å². The van der Waals surface area contributed by atoms with Gasteiger partial charge >= 0.3 is 12.1 Å². The molecule has 2 saturated heterocycles. The van der Waals surface area contributed by atoms with Crippen LogP contribution in [-0.2, 0) is 25.7 Å². The van der Waals surface area contributed by atoms with Gasteiger partial charge in [-0.3, -0.25) is 9.59 Å². The fraction of sp³-hybridized carbons (Fsp3) is 0.278. The lowest BCUT2D eigenvalue weighted by atomic mass is 9.89. The lowest BCUT2D eigenvalue weighted by molar-refractivity contribution is -0.160. The average Bonchev–Trinajstić information content (AvgIpc) is 3.59. The summed E-state index contributed by atoms with van der Waals surface area (Å²) in [5.74, 6) is 1.34. The van der Waals surface area contributed by atoms with Gasteiger partial charge in [-0.25, -0.2) is 14.8 Å². The number of thioether (sulfide) groups is 2. The molecule has 2 amide bonds. The fourth-order valence-corrected chi connectivity index (χ4v) is 8.90. The Labute approximate surface area is 298 Å². The van der Waals surface area contributed by atoms with Gasteiger partial charge in [0.25, 0.3) is 0 Å². The number of amides is 2. The third-order valence-electron chi connectivity index (χ3n) is 8.79. The maximum absolute atomic E-state index is 13.9. The SMILES string of the molecule is COc1ccc(COC(=O)C2(CSC3=CC(C)=NC4=CN(C(=O)OC(c5ccccc5)c5ccccc5)NN43)CS[C@@H]3C(N)C(=O)N3C2)cc1. The van der Waals surface area contributed by atoms with Crippen LogP contribution in [-0.4, -0.2) is 75.2 Å². The zero-order chi connectivity index (χ0) is 34.8. The number of nitrogens with one attached hydrogen (secondary N) is 1. The van der Waals surface area contributed by atoms with Crippen molar-refractivity contribution in [3.05, 3.63) is 125 Å². The summed E-state index contributed by atoms with van der Waals surface area (Å²) >= 11 is 2.91. The highest BCUT2D eigenvalue weighted by Crippen LogP contribution is 2.45. The number of allylic oxidation sites excluding steroid dienone is 1. The van der Waals surface area contributed by atoms with Crippen molar-refractivity contribution in [3.63, 3.8) is 0 Å². The molecule has 3 aromatic rings. The van der Waals surface area contributed by atoms with Crippen LogP contribution in [0, 0.1) is 5.41 Å². The Morgan fingerprint density at radius 1 is 1.06 bits per heavy atom. The predicted octanol–water partition coefficient (Wildman–Crippen LogP) is 4.78. The summed E-state index contributed by atoms with van der Waals surface area (Å²) in [4.78, 5) is 46.6. The molecule has 0 bridgehead atoms. The van der Waals surface area contributed by atoms with Crippen molar-refractivity contribution in [3.8, 4) is 5.75 Å². The molecular weight excluding hydrogens is 677 g/mol. The van der Waals surface area contributed by atoms with Gasteiger partial charge in [-0.05, 0) is 41.8 Å². The number of benzene rings is 3. The first-order chi connectivity index (χ1) is 24.2. The topological polar surface area (TPSA) is 139 Å². The van der Waals surface area contributed by atoms with Crippen LogP contribution in [0.5, 0.6) is 5.75 Å². The van der Waals surface area contributed by atoms with Crippen molar-refractivity contribution >= 4 is 47.2 Å². The van der Waals surface area contributed by atoms with E-state index < -0.39 is 29.6 Å². The molecule has 0 radical (unpaired) electrons. The molecule has 4 heterocycles. The normalized spacial score (nSPS) is 22.5. The number of nitrogens with zero attached hydrogens (tertiary/aromatic N) is 4. The molecule has 3 atom stereocenters. The van der Waals surface area contributed by atoms with Crippen LogP contribution in [0.1, 0.15) is 29.7 Å². The molecule has 4 aliphatic heterocycles. The summed E-state index contributed by atoms with van der Waals surface area (Å²) in [5.41, 5.74) is 11.3. The van der Waals surface area contributed by atoms with E-state index >= 15 is 0 Å². The van der Waals surface area contributed by atoms with Gasteiger partial charge < -0.3 is 24.8 Å². The first-order valence-electron chi connectivity index (χ1n) is 16.0. The van der Waals surface area contributed by atoms with Crippen molar-refractivity contribution < 1.29 is 28.6 Å². The monoisotopic (exact) mass is 712 g/mol. The number of aliphatic imine (C=N–C) groups is 1. The van der Waals surface area contributed by atoms with Crippen LogP contribution < -0.4 is 16.0 Å². The number of hydrogen-bond acceptors (Lipinski definition) is 12. The van der Waals surface area contributed by atoms with Crippen LogP contribution in [0.2, 0.25) is 0 Å². The van der Waals surface area contributed by atoms with Gasteiger partial charge in [-0.2, -0.15) is 5.01 Å². The largest absolute Gasteiger partial charge is 0.497 e. The maximum Gasteiger partial charge on any atom is 0.431 e. The van der Waals surface area contributed by atoms with Crippen molar-refractivity contribution in [1.82, 2.24) is 20.5 Å². The van der Waals surface area contributed by atoms with Gasteiger partial charge in [-0.1, -0.05) is 72.8 Å². The van der Waals surface area contributed by atoms with E-state index in [0.717, 1.165) is 22.4 Å². The number of methoxy groups -OCH3 is 1. The quantitative estimate of drug-likeness (QED) is 0.222. The Hall–Kier alpha value is -4.76. The van der Waals surface area contributed by atoms with E-state index in [1.54, 1.807) is 23.2 Å². The minimum atomic E-state index is -1.02. The molecule has 50 heavy (non-hydrogen) atoms. The molecule has 3 aromatic carbocycles. The second-order valence-electron chi connectivity index (χ2n) is 12.3. The van der Waals surface area contributed by atoms with E-state index in [-0.39, 0.29) is 24.4 Å². The Morgan fingerprint density at radius 2 is 1.74 bits per heavy atom. The Kier molecular flexibility index (Phi) is 9.60. The standard InChI is InChI=1S/C36H36N6O6S2/c1-23-17-29(42-28(38-23)18-41(39-42)35(45)48-31(25-9-5-3-6-10-25)26-11-7-4-8-12-26)49-21-36(20-40-32(43)30(37)33(40)50-22-36)34(44)47-19-24-13-15-27(46-2)16-14-24/h3-18,30-31,33,39H,19-22,37H2,1-2H3/t30?,33-,36?/m1/s1. The Bertz CT molecular complexity index is 1820. The predicted molar refractivity (Wildman–Crippen MR) is 191 cm³/mol. The molecule has 4 aliphatic rings. The number of β-lactam (4-membered cyclic amide) rings is 1. The zero-order valence-corrected chi connectivity index (χ0v) is 29.1. The van der Waals surface area contributed by atoms with Crippen molar-refractivity contribution in [2.24, 2.45) is 16.1 Å². The molecule has 0 saturated carbocycles. The molecule has 12 nitrogen and oxygen atoms in total. The average molecular weight is 713 g/mol. The third kappa shape index (κ3) is 6.71. The Morgan fingerprint density at radius 3 is 2.40 bits per heavy atom. The van der Waals surface area contributed by atoms with Crippen LogP contribution in [0.4, 0.5) is 4.79 Å². The van der Waals surface area contributed by atoms with Gasteiger partial charge in [0, 0.05) is 23.8 Å². The first kappa shape index (κ1) is 33.7.